The van der Waals surface area contributed by atoms with E-state index in [0.29, 0.717) is 29.2 Å². The average Bonchev–Trinajstić information content (AvgIpc) is 3.11. The fourth-order valence-corrected chi connectivity index (χ4v) is 4.91. The molecule has 1 aliphatic heterocycles. The van der Waals surface area contributed by atoms with E-state index in [1.807, 2.05) is 31.2 Å². The van der Waals surface area contributed by atoms with Gasteiger partial charge in [-0.05, 0) is 41.8 Å². The van der Waals surface area contributed by atoms with Gasteiger partial charge >= 0.3 is 5.97 Å². The normalized spacial score (nSPS) is 15.4. The highest BCUT2D eigenvalue weighted by atomic mass is 32.1. The average molecular weight is 425 g/mol. The van der Waals surface area contributed by atoms with Gasteiger partial charge in [-0.3, -0.25) is 4.79 Å². The van der Waals surface area contributed by atoms with Crippen molar-refractivity contribution in [3.05, 3.63) is 69.7 Å². The van der Waals surface area contributed by atoms with Crippen LogP contribution in [0.25, 0.3) is 11.1 Å². The summed E-state index contributed by atoms with van der Waals surface area (Å²) < 4.78 is 19.6. The van der Waals surface area contributed by atoms with Gasteiger partial charge in [0.2, 0.25) is 5.91 Å². The highest BCUT2D eigenvalue weighted by molar-refractivity contribution is 7.15. The zero-order valence-corrected chi connectivity index (χ0v) is 17.1. The zero-order chi connectivity index (χ0) is 21.3. The van der Waals surface area contributed by atoms with E-state index in [1.165, 1.54) is 18.2 Å². The lowest BCUT2D eigenvalue weighted by atomic mass is 9.88. The molecule has 4 rings (SSSR count). The second kappa shape index (κ2) is 8.28. The maximum atomic E-state index is 13.8. The van der Waals surface area contributed by atoms with E-state index in [4.69, 9.17) is 4.74 Å². The van der Waals surface area contributed by atoms with Gasteiger partial charge in [-0.2, -0.15) is 0 Å². The molecule has 7 heteroatoms. The highest BCUT2D eigenvalue weighted by Gasteiger charge is 2.34. The van der Waals surface area contributed by atoms with Gasteiger partial charge in [0.05, 0.1) is 12.3 Å². The summed E-state index contributed by atoms with van der Waals surface area (Å²) in [5.74, 6) is -1.38. The van der Waals surface area contributed by atoms with Crippen LogP contribution in [-0.2, 0) is 4.79 Å². The SMILES string of the molecule is CCCOc1cccc([C@@H]2CC(=O)Nc3c2sc(C(=O)O)c3-c2cccc(F)c2)c1. The molecule has 2 heterocycles. The van der Waals surface area contributed by atoms with Gasteiger partial charge in [-0.25, -0.2) is 9.18 Å². The number of hydrogen-bond donors (Lipinski definition) is 2. The first-order valence-corrected chi connectivity index (χ1v) is 10.5. The molecule has 5 nitrogen and oxygen atoms in total. The number of halogens is 1. The van der Waals surface area contributed by atoms with Crippen molar-refractivity contribution in [3.63, 3.8) is 0 Å². The molecule has 0 radical (unpaired) electrons. The summed E-state index contributed by atoms with van der Waals surface area (Å²) in [6, 6.07) is 13.3. The maximum absolute atomic E-state index is 13.8. The molecule has 1 amide bonds. The number of rotatable bonds is 6. The van der Waals surface area contributed by atoms with Crippen molar-refractivity contribution in [1.82, 2.24) is 0 Å². The number of carboxylic acid groups (broad SMARTS) is 1. The lowest BCUT2D eigenvalue weighted by Gasteiger charge is -2.24. The van der Waals surface area contributed by atoms with E-state index in [0.717, 1.165) is 28.2 Å². The smallest absolute Gasteiger partial charge is 0.346 e. The molecule has 0 spiro atoms. The third kappa shape index (κ3) is 3.80. The van der Waals surface area contributed by atoms with E-state index in [-0.39, 0.29) is 23.1 Å². The van der Waals surface area contributed by atoms with Crippen molar-refractivity contribution >= 4 is 28.9 Å². The molecule has 3 aromatic rings. The monoisotopic (exact) mass is 425 g/mol. The number of carbonyl (C=O) groups is 2. The van der Waals surface area contributed by atoms with E-state index < -0.39 is 11.8 Å². The number of fused-ring (bicyclic) bond motifs is 1. The lowest BCUT2D eigenvalue weighted by Crippen LogP contribution is -2.22. The van der Waals surface area contributed by atoms with Crippen molar-refractivity contribution < 1.29 is 23.8 Å². The Hall–Kier alpha value is -3.19. The Morgan fingerprint density at radius 2 is 2.07 bits per heavy atom. The van der Waals surface area contributed by atoms with E-state index in [9.17, 15) is 19.1 Å². The number of ether oxygens (including phenoxy) is 1. The minimum atomic E-state index is -1.11. The Balaban J connectivity index is 1.85. The second-order valence-corrected chi connectivity index (χ2v) is 8.14. The third-order valence-corrected chi connectivity index (χ3v) is 6.24. The first-order chi connectivity index (χ1) is 14.5. The summed E-state index contributed by atoms with van der Waals surface area (Å²) in [5, 5.41) is 12.6. The minimum absolute atomic E-state index is 0.0798. The number of aromatic carboxylic acids is 1. The number of amides is 1. The topological polar surface area (TPSA) is 75.6 Å². The molecule has 1 atom stereocenters. The molecule has 1 aromatic heterocycles. The van der Waals surface area contributed by atoms with E-state index in [2.05, 4.69) is 5.32 Å². The van der Waals surface area contributed by atoms with Gasteiger partial charge in [-0.15, -0.1) is 11.3 Å². The van der Waals surface area contributed by atoms with Crippen molar-refractivity contribution in [3.8, 4) is 16.9 Å². The van der Waals surface area contributed by atoms with Crippen LogP contribution in [0.1, 0.15) is 45.8 Å². The van der Waals surface area contributed by atoms with Crippen molar-refractivity contribution in [2.24, 2.45) is 0 Å². The molecule has 1 aliphatic rings. The van der Waals surface area contributed by atoms with Gasteiger partial charge in [0, 0.05) is 22.8 Å². The molecule has 0 saturated carbocycles. The number of thiophene rings is 1. The third-order valence-electron chi connectivity index (χ3n) is 4.95. The molecule has 0 fully saturated rings. The summed E-state index contributed by atoms with van der Waals surface area (Å²) in [7, 11) is 0. The summed E-state index contributed by atoms with van der Waals surface area (Å²) in [5.41, 5.74) is 2.09. The number of anilines is 1. The van der Waals surface area contributed by atoms with Gasteiger partial charge in [0.15, 0.2) is 0 Å². The summed E-state index contributed by atoms with van der Waals surface area (Å²) >= 11 is 1.12. The fraction of sp³-hybridized carbons (Fsp3) is 0.217. The Morgan fingerprint density at radius 1 is 1.27 bits per heavy atom. The molecule has 0 bridgehead atoms. The number of hydrogen-bond acceptors (Lipinski definition) is 4. The largest absolute Gasteiger partial charge is 0.494 e. The minimum Gasteiger partial charge on any atom is -0.494 e. The number of benzene rings is 2. The first-order valence-electron chi connectivity index (χ1n) is 9.66. The predicted molar refractivity (Wildman–Crippen MR) is 114 cm³/mol. The van der Waals surface area contributed by atoms with Gasteiger partial charge in [-0.1, -0.05) is 31.2 Å². The van der Waals surface area contributed by atoms with E-state index >= 15 is 0 Å². The van der Waals surface area contributed by atoms with Crippen LogP contribution in [-0.4, -0.2) is 23.6 Å². The Bertz CT molecular complexity index is 1120. The molecule has 2 N–H and O–H groups in total. The standard InChI is InChI=1S/C23H20FNO4S/c1-2-9-29-16-8-4-5-13(11-16)17-12-18(26)25-20-19(14-6-3-7-15(24)10-14)22(23(27)28)30-21(17)20/h3-8,10-11,17H,2,9,12H2,1H3,(H,25,26)(H,27,28)/t17-/m0/s1. The molecule has 2 aromatic carbocycles. The first kappa shape index (κ1) is 20.1. The van der Waals surface area contributed by atoms with Crippen molar-refractivity contribution in [2.75, 3.05) is 11.9 Å². The molecule has 0 aliphatic carbocycles. The summed E-state index contributed by atoms with van der Waals surface area (Å²) in [4.78, 5) is 25.3. The number of carbonyl (C=O) groups excluding carboxylic acids is 1. The van der Waals surface area contributed by atoms with Crippen LogP contribution in [0.2, 0.25) is 0 Å². The van der Waals surface area contributed by atoms with Gasteiger partial charge in [0.25, 0.3) is 0 Å². The quantitative estimate of drug-likeness (QED) is 0.546. The zero-order valence-electron chi connectivity index (χ0n) is 16.3. The van der Waals surface area contributed by atoms with Crippen molar-refractivity contribution in [1.29, 1.82) is 0 Å². The Morgan fingerprint density at radius 3 is 2.80 bits per heavy atom. The molecular formula is C23H20FNO4S. The van der Waals surface area contributed by atoms with Gasteiger partial charge < -0.3 is 15.2 Å². The molecule has 30 heavy (non-hydrogen) atoms. The molecule has 0 unspecified atom stereocenters. The van der Waals surface area contributed by atoms with Crippen LogP contribution in [0.15, 0.2) is 48.5 Å². The molecular weight excluding hydrogens is 405 g/mol. The number of nitrogens with one attached hydrogen (secondary N) is 1. The van der Waals surface area contributed by atoms with Crippen LogP contribution in [0.4, 0.5) is 10.1 Å². The summed E-state index contributed by atoms with van der Waals surface area (Å²) in [6.07, 6.45) is 1.08. The Labute approximate surface area is 177 Å². The number of carboxylic acids is 1. The predicted octanol–water partition coefficient (Wildman–Crippen LogP) is 5.52. The van der Waals surface area contributed by atoms with Gasteiger partial charge in [0.1, 0.15) is 16.4 Å². The molecule has 0 saturated heterocycles. The Kier molecular flexibility index (Phi) is 5.55. The highest BCUT2D eigenvalue weighted by Crippen LogP contribution is 2.49. The van der Waals surface area contributed by atoms with Crippen LogP contribution in [0, 0.1) is 5.82 Å². The van der Waals surface area contributed by atoms with Crippen LogP contribution in [0.3, 0.4) is 0 Å². The lowest BCUT2D eigenvalue weighted by molar-refractivity contribution is -0.116. The van der Waals surface area contributed by atoms with Crippen LogP contribution < -0.4 is 10.1 Å². The fourth-order valence-electron chi connectivity index (χ4n) is 3.67. The van der Waals surface area contributed by atoms with E-state index in [1.54, 1.807) is 6.07 Å². The van der Waals surface area contributed by atoms with Crippen LogP contribution >= 0.6 is 11.3 Å². The summed E-state index contributed by atoms with van der Waals surface area (Å²) in [6.45, 7) is 2.61. The van der Waals surface area contributed by atoms with Crippen LogP contribution in [0.5, 0.6) is 5.75 Å². The molecule has 154 valence electrons. The second-order valence-electron chi connectivity index (χ2n) is 7.09. The maximum Gasteiger partial charge on any atom is 0.346 e. The van der Waals surface area contributed by atoms with Crippen molar-refractivity contribution in [2.45, 2.75) is 25.7 Å².